The van der Waals surface area contributed by atoms with Gasteiger partial charge in [0, 0.05) is 32.7 Å². The third kappa shape index (κ3) is 8.87. The quantitative estimate of drug-likeness (QED) is 0.556. The van der Waals surface area contributed by atoms with Gasteiger partial charge in [0.25, 0.3) is 0 Å². The fourth-order valence-corrected chi connectivity index (χ4v) is 2.96. The molecular formula is C21H34N4O5. The third-order valence-electron chi connectivity index (χ3n) is 4.34. The van der Waals surface area contributed by atoms with E-state index in [0.717, 1.165) is 24.6 Å². The molecule has 1 aromatic heterocycles. The second-order valence-corrected chi connectivity index (χ2v) is 8.06. The van der Waals surface area contributed by atoms with Crippen molar-refractivity contribution in [3.63, 3.8) is 0 Å². The molecule has 9 nitrogen and oxygen atoms in total. The van der Waals surface area contributed by atoms with Gasteiger partial charge in [-0.1, -0.05) is 12.2 Å². The van der Waals surface area contributed by atoms with Gasteiger partial charge < -0.3 is 29.8 Å². The van der Waals surface area contributed by atoms with Crippen LogP contribution in [0.1, 0.15) is 38.3 Å². The molecule has 0 aliphatic carbocycles. The minimum atomic E-state index is -0.527. The molecule has 30 heavy (non-hydrogen) atoms. The number of ether oxygens (including phenoxy) is 2. The lowest BCUT2D eigenvalue weighted by Gasteiger charge is -2.33. The van der Waals surface area contributed by atoms with Crippen LogP contribution >= 0.6 is 0 Å². The Morgan fingerprint density at radius 2 is 1.80 bits per heavy atom. The third-order valence-corrected chi connectivity index (χ3v) is 4.34. The molecule has 9 heteroatoms. The van der Waals surface area contributed by atoms with Crippen LogP contribution in [-0.2, 0) is 9.47 Å². The number of nitrogens with one attached hydrogen (secondary N) is 3. The van der Waals surface area contributed by atoms with Crippen LogP contribution in [0.3, 0.4) is 0 Å². The molecule has 1 aromatic rings. The van der Waals surface area contributed by atoms with Gasteiger partial charge in [-0.3, -0.25) is 4.90 Å². The Morgan fingerprint density at radius 1 is 1.13 bits per heavy atom. The van der Waals surface area contributed by atoms with Crippen molar-refractivity contribution in [3.05, 3.63) is 35.8 Å². The lowest BCUT2D eigenvalue weighted by atomic mass is 10.1. The number of alkyl carbamates (subject to hydrolysis) is 1. The monoisotopic (exact) mass is 422 g/mol. The topological polar surface area (TPSA) is 105 Å². The van der Waals surface area contributed by atoms with E-state index < -0.39 is 11.7 Å². The first kappa shape index (κ1) is 23.8. The molecule has 1 aliphatic heterocycles. The van der Waals surface area contributed by atoms with Crippen LogP contribution in [0.4, 0.5) is 9.59 Å². The van der Waals surface area contributed by atoms with Crippen molar-refractivity contribution in [1.82, 2.24) is 20.9 Å². The summed E-state index contributed by atoms with van der Waals surface area (Å²) < 4.78 is 16.4. The first-order valence-corrected chi connectivity index (χ1v) is 10.3. The highest BCUT2D eigenvalue weighted by Gasteiger charge is 2.25. The van der Waals surface area contributed by atoms with Gasteiger partial charge in [0.1, 0.15) is 17.1 Å². The Morgan fingerprint density at radius 3 is 2.40 bits per heavy atom. The summed E-state index contributed by atoms with van der Waals surface area (Å²) >= 11 is 0. The van der Waals surface area contributed by atoms with Crippen molar-refractivity contribution in [3.8, 4) is 0 Å². The summed E-state index contributed by atoms with van der Waals surface area (Å²) in [5, 5.41) is 8.30. The molecule has 1 unspecified atom stereocenters. The van der Waals surface area contributed by atoms with Crippen molar-refractivity contribution in [2.45, 2.75) is 39.3 Å². The van der Waals surface area contributed by atoms with Gasteiger partial charge in [0.2, 0.25) is 0 Å². The van der Waals surface area contributed by atoms with Gasteiger partial charge in [0.15, 0.2) is 0 Å². The summed E-state index contributed by atoms with van der Waals surface area (Å²) in [4.78, 5) is 25.9. The average Bonchev–Trinajstić information content (AvgIpc) is 3.10. The largest absolute Gasteiger partial charge is 0.465 e. The van der Waals surface area contributed by atoms with Gasteiger partial charge in [-0.2, -0.15) is 0 Å². The number of urea groups is 1. The van der Waals surface area contributed by atoms with E-state index in [1.54, 1.807) is 12.2 Å². The van der Waals surface area contributed by atoms with Crippen LogP contribution < -0.4 is 16.0 Å². The molecule has 1 fully saturated rings. The van der Waals surface area contributed by atoms with Gasteiger partial charge in [-0.25, -0.2) is 9.59 Å². The number of hydrogen-bond acceptors (Lipinski definition) is 6. The number of rotatable bonds is 8. The van der Waals surface area contributed by atoms with Crippen molar-refractivity contribution >= 4 is 12.1 Å². The maximum Gasteiger partial charge on any atom is 0.407 e. The van der Waals surface area contributed by atoms with Crippen molar-refractivity contribution in [2.75, 3.05) is 45.9 Å². The Balaban J connectivity index is 1.70. The van der Waals surface area contributed by atoms with Crippen LogP contribution in [0.5, 0.6) is 0 Å². The van der Waals surface area contributed by atoms with E-state index in [2.05, 4.69) is 20.9 Å². The maximum absolute atomic E-state index is 12.1. The molecule has 168 valence electrons. The second kappa shape index (κ2) is 11.6. The molecule has 1 atom stereocenters. The molecule has 3 N–H and O–H groups in total. The van der Waals surface area contributed by atoms with Gasteiger partial charge in [-0.15, -0.1) is 0 Å². The Bertz CT molecular complexity index is 704. The lowest BCUT2D eigenvalue weighted by molar-refractivity contribution is 0.0121. The minimum Gasteiger partial charge on any atom is -0.465 e. The fourth-order valence-electron chi connectivity index (χ4n) is 2.96. The highest BCUT2D eigenvalue weighted by molar-refractivity contribution is 5.74. The van der Waals surface area contributed by atoms with Crippen molar-refractivity contribution < 1.29 is 23.5 Å². The number of morpholine rings is 1. The first-order valence-electron chi connectivity index (χ1n) is 10.3. The van der Waals surface area contributed by atoms with Gasteiger partial charge in [0.05, 0.1) is 19.3 Å². The summed E-state index contributed by atoms with van der Waals surface area (Å²) in [6.45, 7) is 11.4. The molecule has 2 heterocycles. The molecule has 3 amide bonds. The SMILES string of the molecule is Cc1ccc(C(CNC(=O)NCC=CCNC(=O)OC(C)(C)C)N2CCOCC2)o1. The summed E-state index contributed by atoms with van der Waals surface area (Å²) in [7, 11) is 0. The van der Waals surface area contributed by atoms with E-state index in [1.807, 2.05) is 39.8 Å². The van der Waals surface area contributed by atoms with Crippen molar-refractivity contribution in [2.24, 2.45) is 0 Å². The van der Waals surface area contributed by atoms with Gasteiger partial charge in [-0.05, 0) is 39.8 Å². The normalized spacial score (nSPS) is 16.3. The average molecular weight is 423 g/mol. The zero-order chi connectivity index (χ0) is 22.0. The van der Waals surface area contributed by atoms with E-state index in [9.17, 15) is 9.59 Å². The molecule has 0 aromatic carbocycles. The van der Waals surface area contributed by atoms with Crippen LogP contribution in [0.25, 0.3) is 0 Å². The smallest absolute Gasteiger partial charge is 0.407 e. The van der Waals surface area contributed by atoms with E-state index >= 15 is 0 Å². The number of amides is 3. The number of carbonyl (C=O) groups excluding carboxylic acids is 2. The number of aryl methyl sites for hydroxylation is 1. The standard InChI is InChI=1S/C21H34N4O5/c1-16-7-8-18(29-16)17(25-11-13-28-14-12-25)15-24-19(26)22-9-5-6-10-23-20(27)30-21(2,3)4/h5-8,17H,9-15H2,1-4H3,(H,23,27)(H2,22,24,26). The van der Waals surface area contributed by atoms with E-state index in [0.29, 0.717) is 32.8 Å². The molecule has 1 saturated heterocycles. The molecule has 0 saturated carbocycles. The summed E-state index contributed by atoms with van der Waals surface area (Å²) in [6, 6.07) is 3.58. The number of carbonyl (C=O) groups is 2. The summed E-state index contributed by atoms with van der Waals surface area (Å²) in [6.07, 6.45) is 3.05. The predicted molar refractivity (Wildman–Crippen MR) is 113 cm³/mol. The molecule has 1 aliphatic rings. The Labute approximate surface area is 178 Å². The van der Waals surface area contributed by atoms with E-state index in [4.69, 9.17) is 13.9 Å². The van der Waals surface area contributed by atoms with Crippen LogP contribution in [0.15, 0.2) is 28.7 Å². The summed E-state index contributed by atoms with van der Waals surface area (Å²) in [5.41, 5.74) is -0.527. The van der Waals surface area contributed by atoms with E-state index in [-0.39, 0.29) is 12.1 Å². The lowest BCUT2D eigenvalue weighted by Crippen LogP contribution is -2.45. The molecule has 0 radical (unpaired) electrons. The second-order valence-electron chi connectivity index (χ2n) is 8.06. The van der Waals surface area contributed by atoms with Crippen LogP contribution in [0, 0.1) is 6.92 Å². The number of hydrogen-bond donors (Lipinski definition) is 3. The van der Waals surface area contributed by atoms with Gasteiger partial charge >= 0.3 is 12.1 Å². The van der Waals surface area contributed by atoms with E-state index in [1.165, 1.54) is 0 Å². The molecule has 0 bridgehead atoms. The Hall–Kier alpha value is -2.52. The summed E-state index contributed by atoms with van der Waals surface area (Å²) in [5.74, 6) is 1.68. The highest BCUT2D eigenvalue weighted by Crippen LogP contribution is 2.23. The van der Waals surface area contributed by atoms with Crippen LogP contribution in [0.2, 0.25) is 0 Å². The molecule has 0 spiro atoms. The first-order chi connectivity index (χ1) is 14.2. The maximum atomic E-state index is 12.1. The zero-order valence-corrected chi connectivity index (χ0v) is 18.3. The zero-order valence-electron chi connectivity index (χ0n) is 18.3. The molecule has 2 rings (SSSR count). The number of furan rings is 1. The highest BCUT2D eigenvalue weighted by atomic mass is 16.6. The molecular weight excluding hydrogens is 388 g/mol. The number of nitrogens with zero attached hydrogens (tertiary/aromatic N) is 1. The minimum absolute atomic E-state index is 0.0399. The van der Waals surface area contributed by atoms with Crippen LogP contribution in [-0.4, -0.2) is 68.6 Å². The predicted octanol–water partition coefficient (Wildman–Crippen LogP) is 2.34. The van der Waals surface area contributed by atoms with Crippen molar-refractivity contribution in [1.29, 1.82) is 0 Å². The Kier molecular flexibility index (Phi) is 9.19. The fraction of sp³-hybridized carbons (Fsp3) is 0.619.